The molecule has 1 unspecified atom stereocenters. The van der Waals surface area contributed by atoms with Crippen LogP contribution in [0.3, 0.4) is 0 Å². The number of hydrogen-bond donors (Lipinski definition) is 2. The molecule has 7 heteroatoms. The second kappa shape index (κ2) is 5.19. The zero-order valence-electron chi connectivity index (χ0n) is 12.0. The molecule has 1 aliphatic rings. The number of hydrogen-bond acceptors (Lipinski definition) is 2. The van der Waals surface area contributed by atoms with Crippen LogP contribution < -0.4 is 0 Å². The van der Waals surface area contributed by atoms with Gasteiger partial charge in [-0.05, 0) is 47.0 Å². The van der Waals surface area contributed by atoms with E-state index < -0.39 is 6.09 Å². The SMILES string of the molecule is O=C(O)N1CCCC1c1nc2ccc3c(F)c(Br)ccc3c2[nH]1. The molecule has 1 atom stereocenters. The van der Waals surface area contributed by atoms with Crippen molar-refractivity contribution in [2.24, 2.45) is 0 Å². The molecule has 2 heterocycles. The number of likely N-dealkylation sites (tertiary alicyclic amines) is 1. The van der Waals surface area contributed by atoms with Gasteiger partial charge in [0.15, 0.2) is 0 Å². The fourth-order valence-corrected chi connectivity index (χ4v) is 3.62. The number of imidazole rings is 1. The second-order valence-corrected chi connectivity index (χ2v) is 6.53. The van der Waals surface area contributed by atoms with Crippen LogP contribution in [0.1, 0.15) is 24.7 Å². The minimum atomic E-state index is -0.937. The van der Waals surface area contributed by atoms with E-state index in [1.54, 1.807) is 18.2 Å². The fraction of sp³-hybridized carbons (Fsp3) is 0.250. The summed E-state index contributed by atoms with van der Waals surface area (Å²) in [6, 6.07) is 6.68. The summed E-state index contributed by atoms with van der Waals surface area (Å²) in [6.45, 7) is 0.513. The number of carboxylic acid groups (broad SMARTS) is 1. The molecule has 0 saturated carbocycles. The average Bonchev–Trinajstić information content (AvgIpc) is 3.16. The Morgan fingerprint density at radius 2 is 2.13 bits per heavy atom. The number of nitrogens with zero attached hydrogens (tertiary/aromatic N) is 2. The Morgan fingerprint density at radius 3 is 2.91 bits per heavy atom. The van der Waals surface area contributed by atoms with Crippen LogP contribution in [-0.2, 0) is 0 Å². The molecule has 0 spiro atoms. The maximum absolute atomic E-state index is 14.2. The number of fused-ring (bicyclic) bond motifs is 3. The van der Waals surface area contributed by atoms with Gasteiger partial charge in [0.05, 0.1) is 21.5 Å². The van der Waals surface area contributed by atoms with Gasteiger partial charge in [0, 0.05) is 17.3 Å². The van der Waals surface area contributed by atoms with Gasteiger partial charge in [-0.3, -0.25) is 4.90 Å². The highest BCUT2D eigenvalue weighted by molar-refractivity contribution is 9.10. The van der Waals surface area contributed by atoms with Crippen LogP contribution in [0.4, 0.5) is 9.18 Å². The summed E-state index contributed by atoms with van der Waals surface area (Å²) in [4.78, 5) is 20.5. The van der Waals surface area contributed by atoms with E-state index in [1.165, 1.54) is 4.90 Å². The van der Waals surface area contributed by atoms with Crippen LogP contribution in [0.25, 0.3) is 21.8 Å². The normalized spacial score (nSPS) is 18.2. The minimum absolute atomic E-state index is 0.268. The van der Waals surface area contributed by atoms with E-state index in [1.807, 2.05) is 6.07 Å². The lowest BCUT2D eigenvalue weighted by molar-refractivity contribution is 0.139. The first kappa shape index (κ1) is 14.4. The van der Waals surface area contributed by atoms with Crippen molar-refractivity contribution < 1.29 is 14.3 Å². The Hall–Kier alpha value is -2.15. The first-order chi connectivity index (χ1) is 11.1. The Labute approximate surface area is 139 Å². The Morgan fingerprint density at radius 1 is 1.35 bits per heavy atom. The van der Waals surface area contributed by atoms with Crippen molar-refractivity contribution in [3.63, 3.8) is 0 Å². The molecule has 0 radical (unpaired) electrons. The number of benzene rings is 2. The molecule has 4 rings (SSSR count). The van der Waals surface area contributed by atoms with Gasteiger partial charge in [-0.1, -0.05) is 6.07 Å². The van der Waals surface area contributed by atoms with Gasteiger partial charge in [0.2, 0.25) is 0 Å². The lowest BCUT2D eigenvalue weighted by atomic mass is 10.1. The number of amides is 1. The van der Waals surface area contributed by atoms with Crippen molar-refractivity contribution in [2.45, 2.75) is 18.9 Å². The molecule has 1 amide bonds. The van der Waals surface area contributed by atoms with E-state index in [2.05, 4.69) is 25.9 Å². The van der Waals surface area contributed by atoms with Crippen LogP contribution >= 0.6 is 15.9 Å². The third kappa shape index (κ3) is 2.18. The Kier molecular flexibility index (Phi) is 3.26. The van der Waals surface area contributed by atoms with E-state index in [0.29, 0.717) is 27.7 Å². The van der Waals surface area contributed by atoms with Gasteiger partial charge >= 0.3 is 6.09 Å². The summed E-state index contributed by atoms with van der Waals surface area (Å²) in [6.07, 6.45) is 0.619. The van der Waals surface area contributed by atoms with E-state index in [-0.39, 0.29) is 11.9 Å². The standard InChI is InChI=1S/C16H13BrFN3O2/c17-10-5-3-9-8(13(10)18)4-6-11-14(9)20-15(19-11)12-2-1-7-21(12)16(22)23/h3-6,12H,1-2,7H2,(H,19,20)(H,22,23). The third-order valence-corrected chi connectivity index (χ3v) is 4.99. The molecule has 23 heavy (non-hydrogen) atoms. The van der Waals surface area contributed by atoms with E-state index in [9.17, 15) is 14.3 Å². The second-order valence-electron chi connectivity index (χ2n) is 5.67. The molecule has 5 nitrogen and oxygen atoms in total. The number of halogens is 2. The van der Waals surface area contributed by atoms with Gasteiger partial charge in [-0.2, -0.15) is 0 Å². The molecule has 1 aromatic heterocycles. The third-order valence-electron chi connectivity index (χ3n) is 4.37. The summed E-state index contributed by atoms with van der Waals surface area (Å²) < 4.78 is 14.6. The van der Waals surface area contributed by atoms with Gasteiger partial charge in [0.1, 0.15) is 11.6 Å². The van der Waals surface area contributed by atoms with Crippen LogP contribution in [-0.4, -0.2) is 32.6 Å². The zero-order valence-corrected chi connectivity index (χ0v) is 13.6. The molecule has 0 aliphatic carbocycles. The lowest BCUT2D eigenvalue weighted by Gasteiger charge is -2.19. The summed E-state index contributed by atoms with van der Waals surface area (Å²) in [5, 5.41) is 10.5. The number of nitrogens with one attached hydrogen (secondary N) is 1. The average molecular weight is 378 g/mol. The largest absolute Gasteiger partial charge is 0.465 e. The molecule has 0 bridgehead atoms. The Bertz CT molecular complexity index is 940. The monoisotopic (exact) mass is 377 g/mol. The van der Waals surface area contributed by atoms with Crippen molar-refractivity contribution in [2.75, 3.05) is 6.54 Å². The molecule has 1 saturated heterocycles. The van der Waals surface area contributed by atoms with Gasteiger partial charge in [0.25, 0.3) is 0 Å². The van der Waals surface area contributed by atoms with E-state index >= 15 is 0 Å². The summed E-state index contributed by atoms with van der Waals surface area (Å²) in [5.74, 6) is 0.310. The summed E-state index contributed by atoms with van der Waals surface area (Å²) >= 11 is 3.19. The summed E-state index contributed by atoms with van der Waals surface area (Å²) in [5.41, 5.74) is 1.45. The topological polar surface area (TPSA) is 69.2 Å². The molecule has 1 aliphatic heterocycles. The lowest BCUT2D eigenvalue weighted by Crippen LogP contribution is -2.29. The quantitative estimate of drug-likeness (QED) is 0.658. The van der Waals surface area contributed by atoms with Crippen molar-refractivity contribution in [3.8, 4) is 0 Å². The molecule has 3 aromatic rings. The van der Waals surface area contributed by atoms with Gasteiger partial charge in [-0.25, -0.2) is 14.2 Å². The Balaban J connectivity index is 1.90. The highest BCUT2D eigenvalue weighted by atomic mass is 79.9. The fourth-order valence-electron chi connectivity index (χ4n) is 3.28. The number of rotatable bonds is 1. The van der Waals surface area contributed by atoms with Crippen molar-refractivity contribution in [3.05, 3.63) is 40.4 Å². The number of H-pyrrole nitrogens is 1. The maximum Gasteiger partial charge on any atom is 0.407 e. The van der Waals surface area contributed by atoms with Crippen LogP contribution in [0.2, 0.25) is 0 Å². The van der Waals surface area contributed by atoms with Gasteiger partial charge in [-0.15, -0.1) is 0 Å². The first-order valence-electron chi connectivity index (χ1n) is 7.32. The molecule has 2 aromatic carbocycles. The van der Waals surface area contributed by atoms with Crippen molar-refractivity contribution in [1.82, 2.24) is 14.9 Å². The van der Waals surface area contributed by atoms with E-state index in [0.717, 1.165) is 23.7 Å². The molecular weight excluding hydrogens is 365 g/mol. The molecule has 1 fully saturated rings. The van der Waals surface area contributed by atoms with Crippen LogP contribution in [0.15, 0.2) is 28.7 Å². The van der Waals surface area contributed by atoms with Crippen LogP contribution in [0, 0.1) is 5.82 Å². The smallest absolute Gasteiger partial charge is 0.407 e. The number of aromatic amines is 1. The minimum Gasteiger partial charge on any atom is -0.465 e. The number of aromatic nitrogens is 2. The molecular formula is C16H13BrFN3O2. The molecule has 2 N–H and O–H groups in total. The highest BCUT2D eigenvalue weighted by Gasteiger charge is 2.32. The van der Waals surface area contributed by atoms with E-state index in [4.69, 9.17) is 0 Å². The first-order valence-corrected chi connectivity index (χ1v) is 8.11. The molecule has 118 valence electrons. The number of carbonyl (C=O) groups is 1. The maximum atomic E-state index is 14.2. The van der Waals surface area contributed by atoms with Crippen molar-refractivity contribution >= 4 is 43.8 Å². The van der Waals surface area contributed by atoms with Crippen molar-refractivity contribution in [1.29, 1.82) is 0 Å². The highest BCUT2D eigenvalue weighted by Crippen LogP contribution is 2.34. The van der Waals surface area contributed by atoms with Gasteiger partial charge < -0.3 is 10.1 Å². The zero-order chi connectivity index (χ0) is 16.1. The summed E-state index contributed by atoms with van der Waals surface area (Å²) in [7, 11) is 0. The van der Waals surface area contributed by atoms with Crippen LogP contribution in [0.5, 0.6) is 0 Å². The predicted octanol–water partition coefficient (Wildman–Crippen LogP) is 4.43. The predicted molar refractivity (Wildman–Crippen MR) is 88.0 cm³/mol.